The van der Waals surface area contributed by atoms with Gasteiger partial charge in [-0.1, -0.05) is 30.3 Å². The molecule has 2 unspecified atom stereocenters. The Kier molecular flexibility index (Phi) is 3.61. The lowest BCUT2D eigenvalue weighted by Crippen LogP contribution is -2.33. The summed E-state index contributed by atoms with van der Waals surface area (Å²) in [6.45, 7) is 0.552. The zero-order chi connectivity index (χ0) is 13.9. The molecule has 1 heterocycles. The molecule has 0 amide bonds. The van der Waals surface area contributed by atoms with Crippen LogP contribution in [0.4, 0.5) is 0 Å². The van der Waals surface area contributed by atoms with E-state index in [-0.39, 0.29) is 11.7 Å². The van der Waals surface area contributed by atoms with Crippen LogP contribution in [-0.4, -0.2) is 22.9 Å². The maximum atomic E-state index is 10.4. The van der Waals surface area contributed by atoms with Gasteiger partial charge in [-0.25, -0.2) is 0 Å². The van der Waals surface area contributed by atoms with Crippen molar-refractivity contribution in [2.24, 2.45) is 5.92 Å². The molecule has 2 atom stereocenters. The first-order chi connectivity index (χ1) is 9.72. The molecule has 2 aromatic carbocycles. The molecule has 0 saturated carbocycles. The molecule has 2 N–H and O–H groups in total. The van der Waals surface area contributed by atoms with Crippen LogP contribution in [0.1, 0.15) is 11.1 Å². The minimum Gasteiger partial charge on any atom is -0.508 e. The fraction of sp³-hybridized carbons (Fsp3) is 0.294. The van der Waals surface area contributed by atoms with Gasteiger partial charge in [-0.05, 0) is 42.2 Å². The third kappa shape index (κ3) is 2.78. The first-order valence-electron chi connectivity index (χ1n) is 6.89. The predicted octanol–water partition coefficient (Wildman–Crippen LogP) is 2.55. The number of ether oxygens (including phenoxy) is 1. The molecule has 104 valence electrons. The fourth-order valence-corrected chi connectivity index (χ4v) is 2.64. The van der Waals surface area contributed by atoms with Gasteiger partial charge in [0.2, 0.25) is 0 Å². The quantitative estimate of drug-likeness (QED) is 0.901. The van der Waals surface area contributed by atoms with E-state index in [1.165, 1.54) is 0 Å². The highest BCUT2D eigenvalue weighted by atomic mass is 16.5. The molecule has 0 radical (unpaired) electrons. The van der Waals surface area contributed by atoms with Crippen LogP contribution in [0, 0.1) is 5.92 Å². The summed E-state index contributed by atoms with van der Waals surface area (Å²) in [6, 6.07) is 15.0. The minimum atomic E-state index is -0.437. The standard InChI is InChI=1S/C17H18O3/c18-15-7-5-12(6-8-15)9-16(19)14-10-13-3-1-2-4-17(13)20-11-14/h1-8,14,16,18-19H,9-11H2. The Labute approximate surface area is 118 Å². The van der Waals surface area contributed by atoms with Crippen molar-refractivity contribution in [3.05, 3.63) is 59.7 Å². The van der Waals surface area contributed by atoms with Gasteiger partial charge in [0.05, 0.1) is 12.7 Å². The Morgan fingerprint density at radius 1 is 1.10 bits per heavy atom. The molecule has 0 spiro atoms. The first-order valence-corrected chi connectivity index (χ1v) is 6.89. The van der Waals surface area contributed by atoms with E-state index in [0.29, 0.717) is 13.0 Å². The monoisotopic (exact) mass is 270 g/mol. The van der Waals surface area contributed by atoms with Gasteiger partial charge in [0.1, 0.15) is 11.5 Å². The van der Waals surface area contributed by atoms with E-state index in [2.05, 4.69) is 6.07 Å². The van der Waals surface area contributed by atoms with E-state index in [1.54, 1.807) is 12.1 Å². The molecule has 1 aliphatic heterocycles. The second-order valence-corrected chi connectivity index (χ2v) is 5.32. The second kappa shape index (κ2) is 5.55. The van der Waals surface area contributed by atoms with Gasteiger partial charge >= 0.3 is 0 Å². The molecule has 0 saturated heterocycles. The average molecular weight is 270 g/mol. The Bertz CT molecular complexity index is 577. The van der Waals surface area contributed by atoms with Gasteiger partial charge in [0.15, 0.2) is 0 Å². The number of aliphatic hydroxyl groups excluding tert-OH is 1. The summed E-state index contributed by atoms with van der Waals surface area (Å²) in [7, 11) is 0. The molecule has 0 aromatic heterocycles. The lowest BCUT2D eigenvalue weighted by Gasteiger charge is -2.28. The largest absolute Gasteiger partial charge is 0.508 e. The molecule has 20 heavy (non-hydrogen) atoms. The molecule has 3 rings (SSSR count). The lowest BCUT2D eigenvalue weighted by atomic mass is 9.89. The Hall–Kier alpha value is -2.00. The molecule has 3 heteroatoms. The highest BCUT2D eigenvalue weighted by Crippen LogP contribution is 2.29. The third-order valence-corrected chi connectivity index (χ3v) is 3.83. The predicted molar refractivity (Wildman–Crippen MR) is 76.9 cm³/mol. The van der Waals surface area contributed by atoms with Crippen molar-refractivity contribution >= 4 is 0 Å². The van der Waals surface area contributed by atoms with Gasteiger partial charge in [0.25, 0.3) is 0 Å². The number of para-hydroxylation sites is 1. The van der Waals surface area contributed by atoms with Crippen molar-refractivity contribution < 1.29 is 14.9 Å². The van der Waals surface area contributed by atoms with Crippen LogP contribution in [0.25, 0.3) is 0 Å². The number of hydrogen-bond acceptors (Lipinski definition) is 3. The molecule has 0 bridgehead atoms. The van der Waals surface area contributed by atoms with Crippen LogP contribution in [0.3, 0.4) is 0 Å². The number of rotatable bonds is 3. The molecule has 2 aromatic rings. The van der Waals surface area contributed by atoms with Crippen molar-refractivity contribution in [1.82, 2.24) is 0 Å². The van der Waals surface area contributed by atoms with Crippen LogP contribution < -0.4 is 4.74 Å². The SMILES string of the molecule is Oc1ccc(CC(O)C2COc3ccccc3C2)cc1. The Morgan fingerprint density at radius 3 is 2.65 bits per heavy atom. The third-order valence-electron chi connectivity index (χ3n) is 3.83. The van der Waals surface area contributed by atoms with Gasteiger partial charge in [-0.2, -0.15) is 0 Å². The van der Waals surface area contributed by atoms with Crippen LogP contribution >= 0.6 is 0 Å². The number of hydrogen-bond donors (Lipinski definition) is 2. The van der Waals surface area contributed by atoms with E-state index in [1.807, 2.05) is 30.3 Å². The summed E-state index contributed by atoms with van der Waals surface area (Å²) in [5.41, 5.74) is 2.18. The van der Waals surface area contributed by atoms with E-state index in [4.69, 9.17) is 4.74 Å². The second-order valence-electron chi connectivity index (χ2n) is 5.32. The summed E-state index contributed by atoms with van der Waals surface area (Å²) >= 11 is 0. The normalized spacial score (nSPS) is 18.9. The van der Waals surface area contributed by atoms with E-state index in [0.717, 1.165) is 23.3 Å². The van der Waals surface area contributed by atoms with Gasteiger partial charge in [0, 0.05) is 5.92 Å². The zero-order valence-electron chi connectivity index (χ0n) is 11.2. The van der Waals surface area contributed by atoms with E-state index in [9.17, 15) is 10.2 Å². The number of fused-ring (bicyclic) bond motifs is 1. The van der Waals surface area contributed by atoms with Crippen molar-refractivity contribution in [2.45, 2.75) is 18.9 Å². The van der Waals surface area contributed by atoms with Crippen LogP contribution in [0.5, 0.6) is 11.5 Å². The van der Waals surface area contributed by atoms with E-state index < -0.39 is 6.10 Å². The minimum absolute atomic E-state index is 0.110. The maximum Gasteiger partial charge on any atom is 0.122 e. The first kappa shape index (κ1) is 13.0. The molecular weight excluding hydrogens is 252 g/mol. The molecule has 1 aliphatic rings. The Balaban J connectivity index is 1.67. The number of benzene rings is 2. The molecule has 3 nitrogen and oxygen atoms in total. The summed E-state index contributed by atoms with van der Waals surface area (Å²) in [5, 5.41) is 19.6. The molecular formula is C17H18O3. The van der Waals surface area contributed by atoms with Gasteiger partial charge < -0.3 is 14.9 Å². The Morgan fingerprint density at radius 2 is 1.85 bits per heavy atom. The summed E-state index contributed by atoms with van der Waals surface area (Å²) in [5.74, 6) is 1.29. The summed E-state index contributed by atoms with van der Waals surface area (Å²) in [6.07, 6.45) is 0.985. The van der Waals surface area contributed by atoms with Gasteiger partial charge in [-0.15, -0.1) is 0 Å². The number of aromatic hydroxyl groups is 1. The number of phenols is 1. The molecule has 0 aliphatic carbocycles. The van der Waals surface area contributed by atoms with Crippen molar-refractivity contribution in [1.29, 1.82) is 0 Å². The highest BCUT2D eigenvalue weighted by Gasteiger charge is 2.26. The summed E-state index contributed by atoms with van der Waals surface area (Å²) in [4.78, 5) is 0. The van der Waals surface area contributed by atoms with E-state index >= 15 is 0 Å². The number of aliphatic hydroxyl groups is 1. The van der Waals surface area contributed by atoms with Crippen molar-refractivity contribution in [2.75, 3.05) is 6.61 Å². The number of phenolic OH excluding ortho intramolecular Hbond substituents is 1. The smallest absolute Gasteiger partial charge is 0.122 e. The zero-order valence-corrected chi connectivity index (χ0v) is 11.2. The highest BCUT2D eigenvalue weighted by molar-refractivity contribution is 5.35. The summed E-state index contributed by atoms with van der Waals surface area (Å²) < 4.78 is 5.71. The van der Waals surface area contributed by atoms with Gasteiger partial charge in [-0.3, -0.25) is 0 Å². The van der Waals surface area contributed by atoms with Crippen LogP contribution in [-0.2, 0) is 12.8 Å². The van der Waals surface area contributed by atoms with Crippen LogP contribution in [0.2, 0.25) is 0 Å². The fourth-order valence-electron chi connectivity index (χ4n) is 2.64. The van der Waals surface area contributed by atoms with Crippen molar-refractivity contribution in [3.8, 4) is 11.5 Å². The molecule has 0 fully saturated rings. The topological polar surface area (TPSA) is 49.7 Å². The lowest BCUT2D eigenvalue weighted by molar-refractivity contribution is 0.0652. The maximum absolute atomic E-state index is 10.4. The average Bonchev–Trinajstić information content (AvgIpc) is 2.49. The van der Waals surface area contributed by atoms with Crippen LogP contribution in [0.15, 0.2) is 48.5 Å². The van der Waals surface area contributed by atoms with Crippen molar-refractivity contribution in [3.63, 3.8) is 0 Å².